The fourth-order valence-corrected chi connectivity index (χ4v) is 2.70. The van der Waals surface area contributed by atoms with E-state index in [1.807, 2.05) is 0 Å². The van der Waals surface area contributed by atoms with Gasteiger partial charge in [0.15, 0.2) is 0 Å². The number of sulfonamides is 1. The van der Waals surface area contributed by atoms with Crippen LogP contribution in [-0.2, 0) is 24.7 Å². The van der Waals surface area contributed by atoms with Gasteiger partial charge in [-0.3, -0.25) is 9.52 Å². The standard InChI is InChI=1S/C7H9F6NO5S2/c1-5(8,9)6(10,11)7(12,13)21(18,19)3-4(15)14-20(2,16)17/h3H2,1-2H3,(H,14,15). The molecule has 0 aromatic carbocycles. The van der Waals surface area contributed by atoms with Crippen molar-refractivity contribution >= 4 is 25.8 Å². The second kappa shape index (κ2) is 5.30. The number of halogens is 6. The summed E-state index contributed by atoms with van der Waals surface area (Å²) < 4.78 is 121. The SMILES string of the molecule is CC(F)(F)C(F)(F)C(F)(F)S(=O)(=O)CC(=O)NS(C)(=O)=O. The first-order valence-electron chi connectivity index (χ1n) is 4.71. The maximum atomic E-state index is 13.1. The average molecular weight is 365 g/mol. The second-order valence-corrected chi connectivity index (χ2v) is 7.82. The van der Waals surface area contributed by atoms with Gasteiger partial charge in [-0.1, -0.05) is 0 Å². The van der Waals surface area contributed by atoms with E-state index in [4.69, 9.17) is 0 Å². The fourth-order valence-electron chi connectivity index (χ4n) is 0.950. The quantitative estimate of drug-likeness (QED) is 0.686. The Morgan fingerprint density at radius 2 is 1.38 bits per heavy atom. The Hall–Kier alpha value is -1.05. The number of carbonyl (C=O) groups is 1. The number of nitrogens with one attached hydrogen (secondary N) is 1. The molecule has 1 N–H and O–H groups in total. The highest BCUT2D eigenvalue weighted by atomic mass is 32.2. The Morgan fingerprint density at radius 1 is 1.00 bits per heavy atom. The molecule has 0 aromatic rings. The maximum absolute atomic E-state index is 13.1. The first-order valence-corrected chi connectivity index (χ1v) is 8.26. The molecule has 6 nitrogen and oxygen atoms in total. The van der Waals surface area contributed by atoms with Crippen LogP contribution in [0.15, 0.2) is 0 Å². The summed E-state index contributed by atoms with van der Waals surface area (Å²) >= 11 is 0. The number of sulfone groups is 1. The van der Waals surface area contributed by atoms with E-state index in [0.29, 0.717) is 6.26 Å². The molecule has 0 saturated carbocycles. The normalized spacial score (nSPS) is 14.9. The Bertz CT molecular complexity index is 620. The van der Waals surface area contributed by atoms with Crippen molar-refractivity contribution in [2.45, 2.75) is 24.0 Å². The minimum atomic E-state index is -6.41. The van der Waals surface area contributed by atoms with Gasteiger partial charge in [-0.05, 0) is 0 Å². The van der Waals surface area contributed by atoms with Gasteiger partial charge in [0.25, 0.3) is 0 Å². The molecule has 14 heteroatoms. The summed E-state index contributed by atoms with van der Waals surface area (Å²) in [6.07, 6.45) is 0.352. The zero-order valence-corrected chi connectivity index (χ0v) is 12.0. The molecule has 21 heavy (non-hydrogen) atoms. The third-order valence-corrected chi connectivity index (χ3v) is 4.21. The van der Waals surface area contributed by atoms with Crippen LogP contribution >= 0.6 is 0 Å². The fraction of sp³-hybridized carbons (Fsp3) is 0.857. The molecule has 0 aromatic heterocycles. The molecule has 0 saturated heterocycles. The van der Waals surface area contributed by atoms with Crippen LogP contribution in [0.3, 0.4) is 0 Å². The summed E-state index contributed by atoms with van der Waals surface area (Å²) in [5.74, 6) is -16.2. The summed E-state index contributed by atoms with van der Waals surface area (Å²) in [7, 11) is -10.8. The van der Waals surface area contributed by atoms with E-state index in [0.717, 1.165) is 4.72 Å². The van der Waals surface area contributed by atoms with E-state index < -0.39 is 55.5 Å². The molecule has 0 atom stereocenters. The zero-order valence-electron chi connectivity index (χ0n) is 10.3. The number of rotatable bonds is 6. The van der Waals surface area contributed by atoms with Crippen LogP contribution in [-0.4, -0.2) is 51.9 Å². The van der Waals surface area contributed by atoms with Gasteiger partial charge in [0.05, 0.1) is 6.26 Å². The van der Waals surface area contributed by atoms with Crippen LogP contribution in [0.2, 0.25) is 0 Å². The highest BCUT2D eigenvalue weighted by Crippen LogP contribution is 2.48. The molecule has 0 rings (SSSR count). The summed E-state index contributed by atoms with van der Waals surface area (Å²) in [5, 5.41) is -6.28. The molecular formula is C7H9F6NO5S2. The lowest BCUT2D eigenvalue weighted by Gasteiger charge is -2.29. The predicted molar refractivity (Wildman–Crippen MR) is 57.3 cm³/mol. The molecule has 0 unspecified atom stereocenters. The van der Waals surface area contributed by atoms with E-state index in [9.17, 15) is 48.0 Å². The molecule has 0 aliphatic carbocycles. The first kappa shape index (κ1) is 19.9. The number of carbonyl (C=O) groups excluding carboxylic acids is 1. The van der Waals surface area contributed by atoms with Crippen LogP contribution in [0.5, 0.6) is 0 Å². The van der Waals surface area contributed by atoms with Gasteiger partial charge in [0.1, 0.15) is 5.75 Å². The van der Waals surface area contributed by atoms with E-state index in [1.165, 1.54) is 0 Å². The third-order valence-electron chi connectivity index (χ3n) is 1.93. The van der Waals surface area contributed by atoms with E-state index in [2.05, 4.69) is 0 Å². The smallest absolute Gasteiger partial charge is 0.273 e. The largest absolute Gasteiger partial charge is 0.413 e. The molecule has 0 bridgehead atoms. The summed E-state index contributed by atoms with van der Waals surface area (Å²) in [6, 6.07) is 0. The lowest BCUT2D eigenvalue weighted by molar-refractivity contribution is -0.271. The van der Waals surface area contributed by atoms with Crippen molar-refractivity contribution < 1.29 is 48.0 Å². The van der Waals surface area contributed by atoms with Gasteiger partial charge in [-0.2, -0.15) is 26.3 Å². The van der Waals surface area contributed by atoms with Crippen molar-refractivity contribution in [3.8, 4) is 0 Å². The first-order chi connectivity index (χ1) is 8.85. The van der Waals surface area contributed by atoms with E-state index in [-0.39, 0.29) is 0 Å². The minimum Gasteiger partial charge on any atom is -0.273 e. The molecule has 0 aliphatic heterocycles. The third kappa shape index (κ3) is 4.21. The van der Waals surface area contributed by atoms with Crippen LogP contribution < -0.4 is 4.72 Å². The van der Waals surface area contributed by atoms with E-state index >= 15 is 0 Å². The van der Waals surface area contributed by atoms with Crippen molar-refractivity contribution in [2.24, 2.45) is 0 Å². The number of alkyl halides is 6. The Balaban J connectivity index is 5.57. The highest BCUT2D eigenvalue weighted by Gasteiger charge is 2.75. The molecule has 0 radical (unpaired) electrons. The summed E-state index contributed by atoms with van der Waals surface area (Å²) in [5.41, 5.74) is 0. The van der Waals surface area contributed by atoms with E-state index in [1.54, 1.807) is 0 Å². The Kier molecular flexibility index (Phi) is 5.03. The molecule has 0 heterocycles. The predicted octanol–water partition coefficient (Wildman–Crippen LogP) is 0.360. The molecular weight excluding hydrogens is 356 g/mol. The van der Waals surface area contributed by atoms with Gasteiger partial charge in [-0.25, -0.2) is 16.8 Å². The number of hydrogen-bond donors (Lipinski definition) is 1. The van der Waals surface area contributed by atoms with Crippen molar-refractivity contribution in [2.75, 3.05) is 12.0 Å². The Morgan fingerprint density at radius 3 is 1.67 bits per heavy atom. The zero-order chi connectivity index (χ0) is 17.5. The van der Waals surface area contributed by atoms with Gasteiger partial charge >= 0.3 is 17.1 Å². The monoisotopic (exact) mass is 365 g/mol. The molecule has 0 fully saturated rings. The van der Waals surface area contributed by atoms with Crippen LogP contribution in [0.25, 0.3) is 0 Å². The van der Waals surface area contributed by atoms with Crippen LogP contribution in [0.1, 0.15) is 6.92 Å². The Labute approximate surface area is 115 Å². The topological polar surface area (TPSA) is 97.4 Å². The van der Waals surface area contributed by atoms with Crippen molar-refractivity contribution in [1.29, 1.82) is 0 Å². The highest BCUT2D eigenvalue weighted by molar-refractivity contribution is 7.93. The van der Waals surface area contributed by atoms with Crippen molar-refractivity contribution in [3.63, 3.8) is 0 Å². The van der Waals surface area contributed by atoms with Gasteiger partial charge in [0.2, 0.25) is 25.8 Å². The number of hydrogen-bond acceptors (Lipinski definition) is 5. The lowest BCUT2D eigenvalue weighted by Crippen LogP contribution is -2.58. The minimum absolute atomic E-state index is 0.352. The van der Waals surface area contributed by atoms with Gasteiger partial charge in [0, 0.05) is 6.92 Å². The second-order valence-electron chi connectivity index (χ2n) is 4.04. The molecule has 1 amide bonds. The van der Waals surface area contributed by atoms with Gasteiger partial charge < -0.3 is 0 Å². The van der Waals surface area contributed by atoms with Gasteiger partial charge in [-0.15, -0.1) is 0 Å². The summed E-state index contributed by atoms with van der Waals surface area (Å²) in [4.78, 5) is 10.9. The molecule has 126 valence electrons. The lowest BCUT2D eigenvalue weighted by atomic mass is 10.2. The summed E-state index contributed by atoms with van der Waals surface area (Å²) in [6.45, 7) is -0.632. The molecule has 0 spiro atoms. The number of amides is 1. The van der Waals surface area contributed by atoms with Crippen molar-refractivity contribution in [1.82, 2.24) is 4.72 Å². The maximum Gasteiger partial charge on any atom is 0.413 e. The average Bonchev–Trinajstić information content (AvgIpc) is 2.10. The molecule has 0 aliphatic rings. The van der Waals surface area contributed by atoms with Crippen LogP contribution in [0, 0.1) is 0 Å². The van der Waals surface area contributed by atoms with Crippen LogP contribution in [0.4, 0.5) is 26.3 Å². The van der Waals surface area contributed by atoms with Crippen molar-refractivity contribution in [3.05, 3.63) is 0 Å².